The van der Waals surface area contributed by atoms with Gasteiger partial charge < -0.3 is 9.47 Å². The molecular formula is C12H15ClO3. The molecule has 4 heteroatoms. The summed E-state index contributed by atoms with van der Waals surface area (Å²) in [5.74, 6) is 0.387. The number of hydrogen-bond donors (Lipinski definition) is 0. The van der Waals surface area contributed by atoms with Gasteiger partial charge in [0.05, 0.1) is 0 Å². The van der Waals surface area contributed by atoms with Crippen molar-refractivity contribution in [3.8, 4) is 5.75 Å². The quantitative estimate of drug-likeness (QED) is 0.601. The van der Waals surface area contributed by atoms with Gasteiger partial charge in [-0.15, -0.1) is 0 Å². The molecule has 0 atom stereocenters. The Morgan fingerprint density at radius 3 is 2.69 bits per heavy atom. The van der Waals surface area contributed by atoms with Crippen molar-refractivity contribution in [3.63, 3.8) is 0 Å². The van der Waals surface area contributed by atoms with Crippen LogP contribution in [0.25, 0.3) is 0 Å². The Labute approximate surface area is 100 Å². The third kappa shape index (κ3) is 3.42. The lowest BCUT2D eigenvalue weighted by molar-refractivity contribution is -0.147. The first-order valence-corrected chi connectivity index (χ1v) is 5.47. The first-order chi connectivity index (χ1) is 7.54. The molecular weight excluding hydrogens is 228 g/mol. The number of esters is 1. The zero-order chi connectivity index (χ0) is 12.1. The highest BCUT2D eigenvalue weighted by Crippen LogP contribution is 2.28. The number of hydrogen-bond acceptors (Lipinski definition) is 3. The molecule has 0 aromatic heterocycles. The molecule has 0 fully saturated rings. The van der Waals surface area contributed by atoms with E-state index in [0.717, 1.165) is 23.3 Å². The molecule has 0 aliphatic carbocycles. The van der Waals surface area contributed by atoms with Crippen molar-refractivity contribution in [2.45, 2.75) is 27.2 Å². The highest BCUT2D eigenvalue weighted by molar-refractivity contribution is 6.30. The number of ether oxygens (including phenoxy) is 2. The maximum Gasteiger partial charge on any atom is 0.305 e. The van der Waals surface area contributed by atoms with Crippen molar-refractivity contribution in [1.82, 2.24) is 0 Å². The van der Waals surface area contributed by atoms with Gasteiger partial charge in [-0.1, -0.05) is 18.5 Å². The van der Waals surface area contributed by atoms with Crippen LogP contribution in [0.2, 0.25) is 5.02 Å². The molecule has 0 saturated heterocycles. The summed E-state index contributed by atoms with van der Waals surface area (Å²) in [5, 5.41) is 0.689. The zero-order valence-electron chi connectivity index (χ0n) is 9.67. The van der Waals surface area contributed by atoms with E-state index in [1.165, 1.54) is 6.92 Å². The van der Waals surface area contributed by atoms with E-state index in [1.807, 2.05) is 26.0 Å². The van der Waals surface area contributed by atoms with Crippen LogP contribution in [0.15, 0.2) is 12.1 Å². The molecule has 0 saturated carbocycles. The van der Waals surface area contributed by atoms with Gasteiger partial charge >= 0.3 is 5.97 Å². The number of carbonyl (C=O) groups excluding carboxylic acids is 1. The van der Waals surface area contributed by atoms with Crippen LogP contribution in [0.5, 0.6) is 5.75 Å². The van der Waals surface area contributed by atoms with Crippen molar-refractivity contribution in [2.24, 2.45) is 0 Å². The molecule has 0 radical (unpaired) electrons. The SMILES string of the molecule is CCc1cc(Cl)cc(C)c1OCOC(C)=O. The topological polar surface area (TPSA) is 35.5 Å². The van der Waals surface area contributed by atoms with E-state index in [1.54, 1.807) is 0 Å². The summed E-state index contributed by atoms with van der Waals surface area (Å²) >= 11 is 5.94. The standard InChI is InChI=1S/C12H15ClO3/c1-4-10-6-11(13)5-8(2)12(10)16-7-15-9(3)14/h5-6H,4,7H2,1-3H3. The van der Waals surface area contributed by atoms with Crippen molar-refractivity contribution in [3.05, 3.63) is 28.3 Å². The van der Waals surface area contributed by atoms with Gasteiger partial charge in [-0.25, -0.2) is 0 Å². The van der Waals surface area contributed by atoms with Crippen molar-refractivity contribution in [1.29, 1.82) is 0 Å². The Balaban J connectivity index is 2.81. The number of carbonyl (C=O) groups is 1. The van der Waals surface area contributed by atoms with Crippen LogP contribution < -0.4 is 4.74 Å². The van der Waals surface area contributed by atoms with E-state index < -0.39 is 0 Å². The molecule has 1 aromatic carbocycles. The maximum atomic E-state index is 10.6. The highest BCUT2D eigenvalue weighted by atomic mass is 35.5. The molecule has 0 unspecified atom stereocenters. The first-order valence-electron chi connectivity index (χ1n) is 5.09. The summed E-state index contributed by atoms with van der Waals surface area (Å²) in [5.41, 5.74) is 1.95. The number of halogens is 1. The van der Waals surface area contributed by atoms with Gasteiger partial charge in [-0.05, 0) is 36.6 Å². The Hall–Kier alpha value is -1.22. The Bertz CT molecular complexity index is 388. The van der Waals surface area contributed by atoms with Crippen molar-refractivity contribution in [2.75, 3.05) is 6.79 Å². The lowest BCUT2D eigenvalue weighted by atomic mass is 10.1. The lowest BCUT2D eigenvalue weighted by Crippen LogP contribution is -2.08. The maximum absolute atomic E-state index is 10.6. The van der Waals surface area contributed by atoms with E-state index in [9.17, 15) is 4.79 Å². The minimum atomic E-state index is -0.357. The van der Waals surface area contributed by atoms with Gasteiger partial charge in [-0.2, -0.15) is 0 Å². The fourth-order valence-electron chi connectivity index (χ4n) is 1.44. The fraction of sp³-hybridized carbons (Fsp3) is 0.417. The summed E-state index contributed by atoms with van der Waals surface area (Å²) in [6.07, 6.45) is 0.816. The third-order valence-corrected chi connectivity index (χ3v) is 2.38. The first kappa shape index (κ1) is 12.8. The summed E-state index contributed by atoms with van der Waals surface area (Å²) in [6, 6.07) is 3.68. The average molecular weight is 243 g/mol. The number of rotatable bonds is 4. The van der Waals surface area contributed by atoms with Crippen LogP contribution in [0.1, 0.15) is 25.0 Å². The summed E-state index contributed by atoms with van der Waals surface area (Å²) < 4.78 is 10.2. The Morgan fingerprint density at radius 1 is 1.44 bits per heavy atom. The molecule has 1 aromatic rings. The molecule has 1 rings (SSSR count). The van der Waals surface area contributed by atoms with Crippen molar-refractivity contribution < 1.29 is 14.3 Å². The molecule has 88 valence electrons. The minimum Gasteiger partial charge on any atom is -0.457 e. The Morgan fingerprint density at radius 2 is 2.12 bits per heavy atom. The highest BCUT2D eigenvalue weighted by Gasteiger charge is 2.08. The van der Waals surface area contributed by atoms with E-state index in [4.69, 9.17) is 21.1 Å². The largest absolute Gasteiger partial charge is 0.457 e. The molecule has 3 nitrogen and oxygen atoms in total. The molecule has 0 heterocycles. The Kier molecular flexibility index (Phi) is 4.62. The van der Waals surface area contributed by atoms with Crippen LogP contribution in [-0.4, -0.2) is 12.8 Å². The molecule has 0 bridgehead atoms. The smallest absolute Gasteiger partial charge is 0.305 e. The number of benzene rings is 1. The average Bonchev–Trinajstić information content (AvgIpc) is 2.20. The molecule has 0 spiro atoms. The van der Waals surface area contributed by atoms with Gasteiger partial charge in [0.25, 0.3) is 0 Å². The summed E-state index contributed by atoms with van der Waals surface area (Å²) in [6.45, 7) is 5.21. The fourth-order valence-corrected chi connectivity index (χ4v) is 1.74. The predicted octanol–water partition coefficient (Wildman–Crippen LogP) is 3.11. The minimum absolute atomic E-state index is 0.0647. The van der Waals surface area contributed by atoms with Crippen LogP contribution >= 0.6 is 11.6 Å². The van der Waals surface area contributed by atoms with Gasteiger partial charge in [0.2, 0.25) is 6.79 Å². The molecule has 0 aliphatic rings. The molecule has 0 amide bonds. The van der Waals surface area contributed by atoms with Crippen molar-refractivity contribution >= 4 is 17.6 Å². The monoisotopic (exact) mass is 242 g/mol. The van der Waals surface area contributed by atoms with Gasteiger partial charge in [0, 0.05) is 11.9 Å². The van der Waals surface area contributed by atoms with Gasteiger partial charge in [0.1, 0.15) is 5.75 Å². The van der Waals surface area contributed by atoms with Crippen LogP contribution in [0.4, 0.5) is 0 Å². The molecule has 0 N–H and O–H groups in total. The van der Waals surface area contributed by atoms with Crippen LogP contribution in [0.3, 0.4) is 0 Å². The molecule has 0 aliphatic heterocycles. The second-order valence-corrected chi connectivity index (χ2v) is 3.90. The second-order valence-electron chi connectivity index (χ2n) is 3.46. The van der Waals surface area contributed by atoms with Gasteiger partial charge in [-0.3, -0.25) is 4.79 Å². The second kappa shape index (κ2) is 5.75. The zero-order valence-corrected chi connectivity index (χ0v) is 10.4. The molecule has 16 heavy (non-hydrogen) atoms. The van der Waals surface area contributed by atoms with E-state index in [0.29, 0.717) is 5.02 Å². The lowest BCUT2D eigenvalue weighted by Gasteiger charge is -2.13. The summed E-state index contributed by atoms with van der Waals surface area (Å²) in [7, 11) is 0. The third-order valence-electron chi connectivity index (χ3n) is 2.16. The predicted molar refractivity (Wildman–Crippen MR) is 62.8 cm³/mol. The normalized spacial score (nSPS) is 10.0. The van der Waals surface area contributed by atoms with E-state index in [2.05, 4.69) is 0 Å². The van der Waals surface area contributed by atoms with Crippen LogP contribution in [0, 0.1) is 6.92 Å². The van der Waals surface area contributed by atoms with E-state index >= 15 is 0 Å². The van der Waals surface area contributed by atoms with E-state index in [-0.39, 0.29) is 12.8 Å². The summed E-state index contributed by atoms with van der Waals surface area (Å²) in [4.78, 5) is 10.6. The number of aryl methyl sites for hydroxylation is 2. The van der Waals surface area contributed by atoms with Gasteiger partial charge in [0.15, 0.2) is 0 Å². The van der Waals surface area contributed by atoms with Crippen LogP contribution in [-0.2, 0) is 16.0 Å².